The molecule has 1 saturated heterocycles. The smallest absolute Gasteiger partial charge is 0.344 e. The maximum absolute atomic E-state index is 12.8. The normalized spacial score (nSPS) is 25.5. The number of hydrogen-bond donors (Lipinski definition) is 0. The van der Waals surface area contributed by atoms with E-state index >= 15 is 0 Å². The Bertz CT molecular complexity index is 289. The molecule has 0 spiro atoms. The van der Waals surface area contributed by atoms with Crippen molar-refractivity contribution in [2.75, 3.05) is 32.7 Å². The quantitative estimate of drug-likeness (QED) is 0.709. The van der Waals surface area contributed by atoms with Gasteiger partial charge in [-0.3, -0.25) is 4.79 Å². The van der Waals surface area contributed by atoms with Crippen LogP contribution in [-0.4, -0.2) is 55.1 Å². The lowest BCUT2D eigenvalue weighted by molar-refractivity contribution is -0.191. The van der Waals surface area contributed by atoms with Gasteiger partial charge in [-0.05, 0) is 25.8 Å². The molecule has 3 nitrogen and oxygen atoms in total. The van der Waals surface area contributed by atoms with E-state index in [1.54, 1.807) is 4.90 Å². The molecule has 1 amide bonds. The van der Waals surface area contributed by atoms with Gasteiger partial charge in [0.15, 0.2) is 0 Å². The van der Waals surface area contributed by atoms with E-state index in [1.165, 1.54) is 0 Å². The minimum Gasteiger partial charge on any atom is -0.344 e. The van der Waals surface area contributed by atoms with E-state index in [-0.39, 0.29) is 19.4 Å². The molecule has 0 bridgehead atoms. The van der Waals surface area contributed by atoms with Crippen molar-refractivity contribution in [3.05, 3.63) is 0 Å². The number of amides is 1. The van der Waals surface area contributed by atoms with E-state index in [2.05, 4.69) is 0 Å². The topological polar surface area (TPSA) is 23.6 Å². The number of rotatable bonds is 3. The zero-order valence-corrected chi connectivity index (χ0v) is 9.67. The van der Waals surface area contributed by atoms with Gasteiger partial charge in [0.1, 0.15) is 0 Å². The van der Waals surface area contributed by atoms with Crippen LogP contribution in [0.15, 0.2) is 0 Å². The van der Waals surface area contributed by atoms with Crippen molar-refractivity contribution in [3.63, 3.8) is 0 Å². The fourth-order valence-corrected chi connectivity index (χ4v) is 2.36. The average Bonchev–Trinajstić information content (AvgIpc) is 3.03. The first-order chi connectivity index (χ1) is 7.97. The van der Waals surface area contributed by atoms with Gasteiger partial charge in [-0.2, -0.15) is 13.2 Å². The highest BCUT2D eigenvalue weighted by Crippen LogP contribution is 2.57. The highest BCUT2D eigenvalue weighted by atomic mass is 19.4. The molecule has 6 heteroatoms. The van der Waals surface area contributed by atoms with Gasteiger partial charge in [-0.15, -0.1) is 0 Å². The number of halogens is 3. The molecule has 1 heterocycles. The van der Waals surface area contributed by atoms with Crippen LogP contribution in [0.1, 0.15) is 19.3 Å². The molecule has 0 unspecified atom stereocenters. The Morgan fingerprint density at radius 1 is 1.12 bits per heavy atom. The summed E-state index contributed by atoms with van der Waals surface area (Å²) in [4.78, 5) is 14.1. The van der Waals surface area contributed by atoms with Crippen molar-refractivity contribution in [2.24, 2.45) is 5.41 Å². The average molecular weight is 250 g/mol. The second kappa shape index (κ2) is 4.48. The first-order valence-electron chi connectivity index (χ1n) is 5.95. The molecule has 0 aromatic rings. The van der Waals surface area contributed by atoms with Crippen molar-refractivity contribution in [2.45, 2.75) is 25.4 Å². The van der Waals surface area contributed by atoms with Gasteiger partial charge in [0.05, 0.1) is 5.41 Å². The largest absolute Gasteiger partial charge is 0.395 e. The van der Waals surface area contributed by atoms with Gasteiger partial charge in [-0.1, -0.05) is 0 Å². The highest BCUT2D eigenvalue weighted by molar-refractivity contribution is 5.46. The Balaban J connectivity index is 1.90. The third-order valence-electron chi connectivity index (χ3n) is 3.75. The van der Waals surface area contributed by atoms with Crippen LogP contribution in [-0.2, 0) is 4.79 Å². The van der Waals surface area contributed by atoms with Crippen molar-refractivity contribution < 1.29 is 18.0 Å². The second-order valence-electron chi connectivity index (χ2n) is 5.05. The zero-order chi connectivity index (χ0) is 12.5. The van der Waals surface area contributed by atoms with E-state index in [0.717, 1.165) is 12.8 Å². The maximum atomic E-state index is 12.8. The summed E-state index contributed by atoms with van der Waals surface area (Å²) in [5.41, 5.74) is -1.46. The molecule has 0 aromatic heterocycles. The SMILES string of the molecule is O=CN1CCCN(CC2(C(F)(F)F)CC2)CC1. The fourth-order valence-electron chi connectivity index (χ4n) is 2.36. The first kappa shape index (κ1) is 12.7. The standard InChI is InChI=1S/C11H17F3N2O/c12-11(13,14)10(2-3-10)8-15-4-1-5-16(9-17)7-6-15/h9H,1-8H2. The van der Waals surface area contributed by atoms with Gasteiger partial charge in [0.25, 0.3) is 0 Å². The third kappa shape index (κ3) is 2.73. The van der Waals surface area contributed by atoms with Crippen LogP contribution in [0.4, 0.5) is 13.2 Å². The van der Waals surface area contributed by atoms with Gasteiger partial charge in [0.2, 0.25) is 6.41 Å². The summed E-state index contributed by atoms with van der Waals surface area (Å²) < 4.78 is 38.4. The summed E-state index contributed by atoms with van der Waals surface area (Å²) in [5.74, 6) is 0. The number of carbonyl (C=O) groups is 1. The highest BCUT2D eigenvalue weighted by Gasteiger charge is 2.63. The summed E-state index contributed by atoms with van der Waals surface area (Å²) in [6.07, 6.45) is -2.04. The predicted octanol–water partition coefficient (Wildman–Crippen LogP) is 1.49. The van der Waals surface area contributed by atoms with Gasteiger partial charge >= 0.3 is 6.18 Å². The Morgan fingerprint density at radius 3 is 2.35 bits per heavy atom. The monoisotopic (exact) mass is 250 g/mol. The molecule has 2 fully saturated rings. The minimum atomic E-state index is -4.08. The van der Waals surface area contributed by atoms with E-state index < -0.39 is 11.6 Å². The summed E-state index contributed by atoms with van der Waals surface area (Å²) in [6, 6.07) is 0. The molecule has 0 aromatic carbocycles. The zero-order valence-electron chi connectivity index (χ0n) is 9.67. The van der Waals surface area contributed by atoms with Crippen molar-refractivity contribution in [1.29, 1.82) is 0 Å². The Morgan fingerprint density at radius 2 is 1.82 bits per heavy atom. The van der Waals surface area contributed by atoms with Crippen molar-refractivity contribution in [3.8, 4) is 0 Å². The molecule has 0 radical (unpaired) electrons. The Kier molecular flexibility index (Phi) is 3.34. The van der Waals surface area contributed by atoms with E-state index in [0.29, 0.717) is 26.2 Å². The minimum absolute atomic E-state index is 0.100. The molecule has 2 rings (SSSR count). The second-order valence-corrected chi connectivity index (χ2v) is 5.05. The molecule has 1 saturated carbocycles. The molecule has 0 N–H and O–H groups in total. The number of alkyl halides is 3. The maximum Gasteiger partial charge on any atom is 0.395 e. The fraction of sp³-hybridized carbons (Fsp3) is 0.909. The van der Waals surface area contributed by atoms with Crippen molar-refractivity contribution >= 4 is 6.41 Å². The molecule has 2 aliphatic rings. The van der Waals surface area contributed by atoms with E-state index in [1.807, 2.05) is 4.90 Å². The number of nitrogens with zero attached hydrogens (tertiary/aromatic N) is 2. The third-order valence-corrected chi connectivity index (χ3v) is 3.75. The molecule has 98 valence electrons. The van der Waals surface area contributed by atoms with Crippen LogP contribution in [0.3, 0.4) is 0 Å². The predicted molar refractivity (Wildman–Crippen MR) is 56.4 cm³/mol. The van der Waals surface area contributed by atoms with E-state index in [9.17, 15) is 18.0 Å². The van der Waals surface area contributed by atoms with Crippen LogP contribution in [0.25, 0.3) is 0 Å². The van der Waals surface area contributed by atoms with Crippen LogP contribution in [0, 0.1) is 5.41 Å². The van der Waals surface area contributed by atoms with Crippen LogP contribution in [0.5, 0.6) is 0 Å². The molecule has 1 aliphatic heterocycles. The van der Waals surface area contributed by atoms with Gasteiger partial charge < -0.3 is 9.80 Å². The molecular formula is C11H17F3N2O. The van der Waals surface area contributed by atoms with Crippen LogP contribution >= 0.6 is 0 Å². The van der Waals surface area contributed by atoms with Gasteiger partial charge in [-0.25, -0.2) is 0 Å². The summed E-state index contributed by atoms with van der Waals surface area (Å²) in [5, 5.41) is 0. The lowest BCUT2D eigenvalue weighted by Crippen LogP contribution is -2.40. The Labute approximate surface area is 98.6 Å². The lowest BCUT2D eigenvalue weighted by atomic mass is 10.1. The Hall–Kier alpha value is -0.780. The molecule has 17 heavy (non-hydrogen) atoms. The number of hydrogen-bond acceptors (Lipinski definition) is 2. The van der Waals surface area contributed by atoms with E-state index in [4.69, 9.17) is 0 Å². The van der Waals surface area contributed by atoms with Crippen molar-refractivity contribution in [1.82, 2.24) is 9.80 Å². The van der Waals surface area contributed by atoms with Crippen LogP contribution in [0.2, 0.25) is 0 Å². The summed E-state index contributed by atoms with van der Waals surface area (Å²) in [7, 11) is 0. The molecular weight excluding hydrogens is 233 g/mol. The first-order valence-corrected chi connectivity index (χ1v) is 5.95. The lowest BCUT2D eigenvalue weighted by Gasteiger charge is -2.27. The van der Waals surface area contributed by atoms with Crippen LogP contribution < -0.4 is 0 Å². The summed E-state index contributed by atoms with van der Waals surface area (Å²) >= 11 is 0. The molecule has 1 aliphatic carbocycles. The summed E-state index contributed by atoms with van der Waals surface area (Å²) in [6.45, 7) is 2.50. The number of carbonyl (C=O) groups excluding carboxylic acids is 1. The molecule has 0 atom stereocenters. The van der Waals surface area contributed by atoms with Gasteiger partial charge in [0, 0.05) is 26.2 Å².